The summed E-state index contributed by atoms with van der Waals surface area (Å²) >= 11 is 5.80. The van der Waals surface area contributed by atoms with Crippen LogP contribution in [0.1, 0.15) is 37.4 Å². The monoisotopic (exact) mass is 241 g/mol. The summed E-state index contributed by atoms with van der Waals surface area (Å²) < 4.78 is 14.5. The van der Waals surface area contributed by atoms with Crippen LogP contribution >= 0.6 is 11.6 Å². The molecule has 1 aromatic carbocycles. The van der Waals surface area contributed by atoms with E-state index in [4.69, 9.17) is 17.3 Å². The van der Waals surface area contributed by atoms with E-state index in [1.54, 1.807) is 24.3 Å². The molecule has 0 heterocycles. The number of nitrogens with two attached hydrogens (primary N) is 1. The molecule has 1 unspecified atom stereocenters. The van der Waals surface area contributed by atoms with Crippen LogP contribution in [0.15, 0.2) is 24.3 Å². The average Bonchev–Trinajstić information content (AvgIpc) is 2.79. The molecule has 0 radical (unpaired) electrons. The average molecular weight is 242 g/mol. The lowest BCUT2D eigenvalue weighted by Gasteiger charge is -2.31. The Morgan fingerprint density at radius 1 is 1.25 bits per heavy atom. The highest BCUT2D eigenvalue weighted by atomic mass is 35.5. The molecule has 2 rings (SSSR count). The highest BCUT2D eigenvalue weighted by molar-refractivity contribution is 6.30. The van der Waals surface area contributed by atoms with Crippen molar-refractivity contribution in [3.63, 3.8) is 0 Å². The molecule has 2 N–H and O–H groups in total. The maximum atomic E-state index is 14.5. The second kappa shape index (κ2) is 4.72. The Balaban J connectivity index is 2.23. The minimum absolute atomic E-state index is 0.339. The second-order valence-corrected chi connectivity index (χ2v) is 5.12. The number of hydrogen-bond acceptors (Lipinski definition) is 1. The molecule has 1 aromatic rings. The molecule has 0 spiro atoms. The first-order valence-electron chi connectivity index (χ1n) is 5.77. The van der Waals surface area contributed by atoms with Crippen LogP contribution in [0.25, 0.3) is 0 Å². The lowest BCUT2D eigenvalue weighted by atomic mass is 9.78. The number of hydrogen-bond donors (Lipinski definition) is 1. The summed E-state index contributed by atoms with van der Waals surface area (Å²) in [5, 5.41) is 0.643. The van der Waals surface area contributed by atoms with Crippen LogP contribution in [0, 0.1) is 5.41 Å². The summed E-state index contributed by atoms with van der Waals surface area (Å²) in [6.07, 6.45) is 3.01. The summed E-state index contributed by atoms with van der Waals surface area (Å²) in [4.78, 5) is 0. The maximum Gasteiger partial charge on any atom is 0.132 e. The van der Waals surface area contributed by atoms with Crippen molar-refractivity contribution in [2.75, 3.05) is 6.54 Å². The number of benzene rings is 1. The standard InChI is InChI=1S/C13H17ClFN/c14-11-5-3-10(4-6-11)12(15)13(9-16)7-1-2-8-13/h3-6,12H,1-2,7-9,16H2. The largest absolute Gasteiger partial charge is 0.330 e. The van der Waals surface area contributed by atoms with Gasteiger partial charge in [-0.05, 0) is 30.5 Å². The van der Waals surface area contributed by atoms with E-state index in [0.29, 0.717) is 17.1 Å². The molecule has 1 aliphatic carbocycles. The predicted octanol–water partition coefficient (Wildman–Crippen LogP) is 3.87. The van der Waals surface area contributed by atoms with Gasteiger partial charge in [0.05, 0.1) is 0 Å². The molecule has 1 nitrogen and oxygen atoms in total. The van der Waals surface area contributed by atoms with Crippen molar-refractivity contribution in [2.45, 2.75) is 31.9 Å². The minimum atomic E-state index is -0.961. The molecule has 16 heavy (non-hydrogen) atoms. The zero-order valence-corrected chi connectivity index (χ0v) is 10.0. The molecule has 0 saturated heterocycles. The third kappa shape index (κ3) is 2.09. The fourth-order valence-electron chi connectivity index (χ4n) is 2.63. The van der Waals surface area contributed by atoms with E-state index in [1.807, 2.05) is 0 Å². The summed E-state index contributed by atoms with van der Waals surface area (Å²) in [6.45, 7) is 0.427. The van der Waals surface area contributed by atoms with Gasteiger partial charge in [0.2, 0.25) is 0 Å². The van der Waals surface area contributed by atoms with E-state index in [1.165, 1.54) is 0 Å². The molecule has 3 heteroatoms. The van der Waals surface area contributed by atoms with Crippen molar-refractivity contribution in [3.05, 3.63) is 34.9 Å². The van der Waals surface area contributed by atoms with Gasteiger partial charge < -0.3 is 5.73 Å². The maximum absolute atomic E-state index is 14.5. The summed E-state index contributed by atoms with van der Waals surface area (Å²) in [6, 6.07) is 7.01. The molecule has 0 aliphatic heterocycles. The quantitative estimate of drug-likeness (QED) is 0.854. The van der Waals surface area contributed by atoms with E-state index in [2.05, 4.69) is 0 Å². The van der Waals surface area contributed by atoms with Gasteiger partial charge in [0.15, 0.2) is 0 Å². The van der Waals surface area contributed by atoms with E-state index in [9.17, 15) is 4.39 Å². The Labute approximate surface area is 101 Å². The zero-order valence-electron chi connectivity index (χ0n) is 9.26. The van der Waals surface area contributed by atoms with Crippen LogP contribution in [-0.4, -0.2) is 6.54 Å². The number of halogens is 2. The Morgan fingerprint density at radius 3 is 2.31 bits per heavy atom. The third-order valence-corrected chi connectivity index (χ3v) is 3.96. The summed E-state index contributed by atoms with van der Waals surface area (Å²) in [5.41, 5.74) is 6.14. The van der Waals surface area contributed by atoms with Crippen LogP contribution in [0.5, 0.6) is 0 Å². The van der Waals surface area contributed by atoms with E-state index in [0.717, 1.165) is 25.7 Å². The van der Waals surface area contributed by atoms with Gasteiger partial charge in [-0.1, -0.05) is 36.6 Å². The van der Waals surface area contributed by atoms with Crippen LogP contribution < -0.4 is 5.73 Å². The smallest absolute Gasteiger partial charge is 0.132 e. The first kappa shape index (κ1) is 11.9. The molecule has 88 valence electrons. The first-order chi connectivity index (χ1) is 7.68. The predicted molar refractivity (Wildman–Crippen MR) is 65.3 cm³/mol. The third-order valence-electron chi connectivity index (χ3n) is 3.71. The van der Waals surface area contributed by atoms with Crippen molar-refractivity contribution in [2.24, 2.45) is 11.1 Å². The molecule has 1 saturated carbocycles. The highest BCUT2D eigenvalue weighted by Crippen LogP contribution is 2.48. The van der Waals surface area contributed by atoms with Gasteiger partial charge in [0.25, 0.3) is 0 Å². The number of alkyl halides is 1. The van der Waals surface area contributed by atoms with Crippen LogP contribution in [0.4, 0.5) is 4.39 Å². The molecule has 0 bridgehead atoms. The Hall–Kier alpha value is -0.600. The second-order valence-electron chi connectivity index (χ2n) is 4.69. The highest BCUT2D eigenvalue weighted by Gasteiger charge is 2.41. The molecular weight excluding hydrogens is 225 g/mol. The van der Waals surface area contributed by atoms with E-state index < -0.39 is 6.17 Å². The van der Waals surface area contributed by atoms with Gasteiger partial charge in [0, 0.05) is 17.0 Å². The Morgan fingerprint density at radius 2 is 1.81 bits per heavy atom. The fraction of sp³-hybridized carbons (Fsp3) is 0.538. The van der Waals surface area contributed by atoms with Crippen LogP contribution in [0.2, 0.25) is 5.02 Å². The molecule has 0 aromatic heterocycles. The van der Waals surface area contributed by atoms with E-state index >= 15 is 0 Å². The lowest BCUT2D eigenvalue weighted by molar-refractivity contribution is 0.119. The lowest BCUT2D eigenvalue weighted by Crippen LogP contribution is -2.32. The Bertz CT molecular complexity index is 343. The van der Waals surface area contributed by atoms with Gasteiger partial charge in [-0.2, -0.15) is 0 Å². The normalized spacial score (nSPS) is 20.9. The van der Waals surface area contributed by atoms with Crippen molar-refractivity contribution in [1.82, 2.24) is 0 Å². The van der Waals surface area contributed by atoms with Crippen molar-refractivity contribution >= 4 is 11.6 Å². The van der Waals surface area contributed by atoms with Crippen molar-refractivity contribution in [3.8, 4) is 0 Å². The SMILES string of the molecule is NCC1(C(F)c2ccc(Cl)cc2)CCCC1. The summed E-state index contributed by atoms with van der Waals surface area (Å²) in [5.74, 6) is 0. The topological polar surface area (TPSA) is 26.0 Å². The van der Waals surface area contributed by atoms with Gasteiger partial charge in [0.1, 0.15) is 6.17 Å². The molecular formula is C13H17ClFN. The van der Waals surface area contributed by atoms with Gasteiger partial charge in [-0.3, -0.25) is 0 Å². The summed E-state index contributed by atoms with van der Waals surface area (Å²) in [7, 11) is 0. The van der Waals surface area contributed by atoms with E-state index in [-0.39, 0.29) is 5.41 Å². The van der Waals surface area contributed by atoms with Gasteiger partial charge in [-0.15, -0.1) is 0 Å². The minimum Gasteiger partial charge on any atom is -0.330 e. The van der Waals surface area contributed by atoms with Gasteiger partial charge >= 0.3 is 0 Å². The van der Waals surface area contributed by atoms with Crippen molar-refractivity contribution in [1.29, 1.82) is 0 Å². The molecule has 0 amide bonds. The molecule has 1 atom stereocenters. The first-order valence-corrected chi connectivity index (χ1v) is 6.15. The van der Waals surface area contributed by atoms with Gasteiger partial charge in [-0.25, -0.2) is 4.39 Å². The number of rotatable bonds is 3. The fourth-order valence-corrected chi connectivity index (χ4v) is 2.75. The molecule has 1 fully saturated rings. The Kier molecular flexibility index (Phi) is 3.50. The zero-order chi connectivity index (χ0) is 11.6. The van der Waals surface area contributed by atoms with Crippen LogP contribution in [0.3, 0.4) is 0 Å². The van der Waals surface area contributed by atoms with Crippen LogP contribution in [-0.2, 0) is 0 Å². The van der Waals surface area contributed by atoms with Crippen molar-refractivity contribution < 1.29 is 4.39 Å². The molecule has 1 aliphatic rings.